The summed E-state index contributed by atoms with van der Waals surface area (Å²) >= 11 is 0. The molecule has 58 valence electrons. The lowest BCUT2D eigenvalue weighted by Crippen LogP contribution is -2.33. The Kier molecular flexibility index (Phi) is 2.08. The molecule has 0 aromatic rings. The second-order valence-corrected chi connectivity index (χ2v) is 1.81. The standard InChI is InChI=1S/C5H9NO4/c1-8-3-4(9-2)10-5(7)6-3/h3-4H,1-2H3,(H,6,7)/t3-,4+/m1/s1. The Morgan fingerprint density at radius 2 is 2.20 bits per heavy atom. The lowest BCUT2D eigenvalue weighted by atomic mass is 10.6. The van der Waals surface area contributed by atoms with Crippen molar-refractivity contribution in [1.82, 2.24) is 5.32 Å². The van der Waals surface area contributed by atoms with Gasteiger partial charge in [-0.1, -0.05) is 0 Å². The predicted octanol–water partition coefficient (Wildman–Crippen LogP) is -0.329. The van der Waals surface area contributed by atoms with Crippen molar-refractivity contribution in [3.05, 3.63) is 0 Å². The molecule has 5 heteroatoms. The quantitative estimate of drug-likeness (QED) is 0.581. The summed E-state index contributed by atoms with van der Waals surface area (Å²) in [5, 5.41) is 2.40. The van der Waals surface area contributed by atoms with Gasteiger partial charge in [-0.15, -0.1) is 0 Å². The van der Waals surface area contributed by atoms with Gasteiger partial charge in [0.1, 0.15) is 0 Å². The first-order chi connectivity index (χ1) is 4.77. The van der Waals surface area contributed by atoms with Gasteiger partial charge >= 0.3 is 6.09 Å². The first-order valence-electron chi connectivity index (χ1n) is 2.80. The molecule has 1 rings (SSSR count). The summed E-state index contributed by atoms with van der Waals surface area (Å²) in [5.74, 6) is 0. The normalized spacial score (nSPS) is 31.6. The molecule has 0 radical (unpaired) electrons. The number of amides is 1. The zero-order valence-corrected chi connectivity index (χ0v) is 5.79. The van der Waals surface area contributed by atoms with Crippen LogP contribution in [0.3, 0.4) is 0 Å². The summed E-state index contributed by atoms with van der Waals surface area (Å²) in [6.45, 7) is 0. The van der Waals surface area contributed by atoms with E-state index in [4.69, 9.17) is 9.47 Å². The highest BCUT2D eigenvalue weighted by Gasteiger charge is 2.33. The van der Waals surface area contributed by atoms with Gasteiger partial charge in [-0.2, -0.15) is 0 Å². The maximum absolute atomic E-state index is 10.5. The van der Waals surface area contributed by atoms with E-state index in [1.807, 2.05) is 0 Å². The van der Waals surface area contributed by atoms with E-state index in [-0.39, 0.29) is 0 Å². The first kappa shape index (κ1) is 7.30. The molecule has 1 amide bonds. The molecule has 1 fully saturated rings. The minimum atomic E-state index is -0.627. The van der Waals surface area contributed by atoms with Crippen LogP contribution in [0.2, 0.25) is 0 Å². The Labute approximate surface area is 58.2 Å². The minimum absolute atomic E-state index is 0.488. The van der Waals surface area contributed by atoms with Crippen LogP contribution in [-0.2, 0) is 14.2 Å². The Bertz CT molecular complexity index is 124. The SMILES string of the molecule is CO[C@H]1OC(=O)N[C@@H]1OC. The Balaban J connectivity index is 2.48. The lowest BCUT2D eigenvalue weighted by molar-refractivity contribution is -0.125. The second-order valence-electron chi connectivity index (χ2n) is 1.81. The van der Waals surface area contributed by atoms with Crippen LogP contribution in [0.4, 0.5) is 4.79 Å². The van der Waals surface area contributed by atoms with Crippen LogP contribution in [0.5, 0.6) is 0 Å². The van der Waals surface area contributed by atoms with Crippen LogP contribution >= 0.6 is 0 Å². The topological polar surface area (TPSA) is 56.8 Å². The van der Waals surface area contributed by atoms with Gasteiger partial charge in [0.15, 0.2) is 6.23 Å². The summed E-state index contributed by atoms with van der Waals surface area (Å²) in [7, 11) is 2.91. The molecule has 1 heterocycles. The van der Waals surface area contributed by atoms with E-state index >= 15 is 0 Å². The number of carbonyl (C=O) groups excluding carboxylic acids is 1. The van der Waals surface area contributed by atoms with E-state index in [0.717, 1.165) is 0 Å². The molecule has 1 saturated heterocycles. The van der Waals surface area contributed by atoms with Gasteiger partial charge < -0.3 is 14.2 Å². The van der Waals surface area contributed by atoms with Crippen molar-refractivity contribution in [2.24, 2.45) is 0 Å². The second kappa shape index (κ2) is 2.85. The van der Waals surface area contributed by atoms with Gasteiger partial charge in [-0.25, -0.2) is 4.79 Å². The predicted molar refractivity (Wildman–Crippen MR) is 31.2 cm³/mol. The average molecular weight is 147 g/mol. The fourth-order valence-corrected chi connectivity index (χ4v) is 0.727. The number of cyclic esters (lactones) is 1. The highest BCUT2D eigenvalue weighted by atomic mass is 16.7. The molecule has 0 unspecified atom stereocenters. The number of alkyl carbamates (subject to hydrolysis) is 1. The van der Waals surface area contributed by atoms with Crippen molar-refractivity contribution in [2.75, 3.05) is 14.2 Å². The number of methoxy groups -OCH3 is 2. The summed E-state index contributed by atoms with van der Waals surface area (Å²) in [6.07, 6.45) is -1.63. The largest absolute Gasteiger partial charge is 0.415 e. The zero-order valence-electron chi connectivity index (χ0n) is 5.79. The Hall–Kier alpha value is -0.810. The van der Waals surface area contributed by atoms with E-state index in [2.05, 4.69) is 10.1 Å². The number of hydrogen-bond acceptors (Lipinski definition) is 4. The average Bonchev–Trinajstić information content (AvgIpc) is 2.30. The van der Waals surface area contributed by atoms with Crippen LogP contribution in [0.15, 0.2) is 0 Å². The molecular weight excluding hydrogens is 138 g/mol. The van der Waals surface area contributed by atoms with Crippen molar-refractivity contribution in [3.8, 4) is 0 Å². The molecule has 0 aromatic carbocycles. The van der Waals surface area contributed by atoms with E-state index in [0.29, 0.717) is 0 Å². The minimum Gasteiger partial charge on any atom is -0.415 e. The van der Waals surface area contributed by atoms with Crippen molar-refractivity contribution >= 4 is 6.09 Å². The number of rotatable bonds is 2. The molecule has 0 spiro atoms. The zero-order chi connectivity index (χ0) is 7.56. The molecule has 2 atom stereocenters. The molecule has 10 heavy (non-hydrogen) atoms. The van der Waals surface area contributed by atoms with Gasteiger partial charge in [0, 0.05) is 14.2 Å². The highest BCUT2D eigenvalue weighted by Crippen LogP contribution is 2.08. The van der Waals surface area contributed by atoms with Crippen LogP contribution < -0.4 is 5.32 Å². The Morgan fingerprint density at radius 3 is 2.60 bits per heavy atom. The molecule has 1 aliphatic rings. The van der Waals surface area contributed by atoms with Gasteiger partial charge in [-0.3, -0.25) is 5.32 Å². The van der Waals surface area contributed by atoms with Gasteiger partial charge in [-0.05, 0) is 0 Å². The van der Waals surface area contributed by atoms with Gasteiger partial charge in [0.05, 0.1) is 0 Å². The number of hydrogen-bond donors (Lipinski definition) is 1. The maximum atomic E-state index is 10.5. The fourth-order valence-electron chi connectivity index (χ4n) is 0.727. The number of ether oxygens (including phenoxy) is 3. The van der Waals surface area contributed by atoms with E-state index < -0.39 is 18.6 Å². The molecule has 0 aliphatic carbocycles. The van der Waals surface area contributed by atoms with E-state index in [9.17, 15) is 4.79 Å². The van der Waals surface area contributed by atoms with Crippen LogP contribution in [0, 0.1) is 0 Å². The fraction of sp³-hybridized carbons (Fsp3) is 0.800. The molecule has 0 saturated carbocycles. The third-order valence-corrected chi connectivity index (χ3v) is 1.22. The number of carbonyl (C=O) groups is 1. The van der Waals surface area contributed by atoms with Crippen LogP contribution in [0.1, 0.15) is 0 Å². The van der Waals surface area contributed by atoms with Gasteiger partial charge in [0.25, 0.3) is 0 Å². The molecule has 0 aromatic heterocycles. The van der Waals surface area contributed by atoms with Crippen LogP contribution in [0.25, 0.3) is 0 Å². The summed E-state index contributed by atoms with van der Waals surface area (Å²) in [4.78, 5) is 10.5. The van der Waals surface area contributed by atoms with Crippen molar-refractivity contribution < 1.29 is 19.0 Å². The molecule has 0 bridgehead atoms. The molecular formula is C5H9NO4. The van der Waals surface area contributed by atoms with Crippen molar-refractivity contribution in [2.45, 2.75) is 12.5 Å². The monoisotopic (exact) mass is 147 g/mol. The van der Waals surface area contributed by atoms with Crippen LogP contribution in [-0.4, -0.2) is 32.8 Å². The third-order valence-electron chi connectivity index (χ3n) is 1.22. The smallest absolute Gasteiger partial charge is 0.411 e. The first-order valence-corrected chi connectivity index (χ1v) is 2.80. The molecule has 5 nitrogen and oxygen atoms in total. The van der Waals surface area contributed by atoms with E-state index in [1.165, 1.54) is 14.2 Å². The lowest BCUT2D eigenvalue weighted by Gasteiger charge is -2.11. The van der Waals surface area contributed by atoms with Crippen molar-refractivity contribution in [1.29, 1.82) is 0 Å². The maximum Gasteiger partial charge on any atom is 0.411 e. The van der Waals surface area contributed by atoms with Crippen molar-refractivity contribution in [3.63, 3.8) is 0 Å². The summed E-state index contributed by atoms with van der Waals surface area (Å²) in [5.41, 5.74) is 0. The third kappa shape index (κ3) is 1.19. The van der Waals surface area contributed by atoms with Gasteiger partial charge in [0.2, 0.25) is 6.29 Å². The van der Waals surface area contributed by atoms with E-state index in [1.54, 1.807) is 0 Å². The highest BCUT2D eigenvalue weighted by molar-refractivity contribution is 5.69. The Morgan fingerprint density at radius 1 is 1.50 bits per heavy atom. The molecule has 1 aliphatic heterocycles. The summed E-state index contributed by atoms with van der Waals surface area (Å²) < 4.78 is 14.2. The summed E-state index contributed by atoms with van der Waals surface area (Å²) in [6, 6.07) is 0. The molecule has 1 N–H and O–H groups in total. The number of nitrogens with one attached hydrogen (secondary N) is 1.